The van der Waals surface area contributed by atoms with Crippen molar-refractivity contribution >= 4 is 5.82 Å². The zero-order chi connectivity index (χ0) is 25.4. The predicted molar refractivity (Wildman–Crippen MR) is 137 cm³/mol. The number of aryl methyl sites for hydroxylation is 2. The minimum atomic E-state index is -2.97. The fourth-order valence-electron chi connectivity index (χ4n) is 4.69. The molecule has 3 aromatic heterocycles. The third-order valence-corrected chi connectivity index (χ3v) is 6.55. The van der Waals surface area contributed by atoms with Gasteiger partial charge in [-0.15, -0.1) is 0 Å². The maximum atomic E-state index is 13.7. The lowest BCUT2D eigenvalue weighted by atomic mass is 10.0. The van der Waals surface area contributed by atoms with Crippen LogP contribution in [0.5, 0.6) is 0 Å². The van der Waals surface area contributed by atoms with Crippen molar-refractivity contribution in [2.45, 2.75) is 52.0 Å². The molecule has 0 saturated carbocycles. The van der Waals surface area contributed by atoms with Crippen LogP contribution >= 0.6 is 0 Å². The number of halogens is 2. The van der Waals surface area contributed by atoms with E-state index in [1.807, 2.05) is 48.8 Å². The monoisotopic (exact) mass is 488 g/mol. The second-order valence-corrected chi connectivity index (χ2v) is 9.80. The number of anilines is 1. The van der Waals surface area contributed by atoms with Crippen LogP contribution in [0.3, 0.4) is 0 Å². The van der Waals surface area contributed by atoms with Crippen molar-refractivity contribution in [2.75, 3.05) is 11.4 Å². The molecule has 0 fully saturated rings. The quantitative estimate of drug-likeness (QED) is 0.327. The van der Waals surface area contributed by atoms with E-state index < -0.39 is 5.92 Å². The normalized spacial score (nSPS) is 13.8. The first-order chi connectivity index (χ1) is 17.2. The topological polar surface area (TPSA) is 59.7 Å². The molecular formula is C28H30F2N6. The van der Waals surface area contributed by atoms with Crippen LogP contribution in [0, 0.1) is 0 Å². The summed E-state index contributed by atoms with van der Waals surface area (Å²) >= 11 is 0. The van der Waals surface area contributed by atoms with Gasteiger partial charge >= 0.3 is 0 Å². The lowest BCUT2D eigenvalue weighted by Crippen LogP contribution is -2.30. The number of nitrogens with zero attached hydrogens (tertiary/aromatic N) is 6. The molecule has 8 heteroatoms. The molecule has 186 valence electrons. The van der Waals surface area contributed by atoms with Crippen LogP contribution in [0.1, 0.15) is 55.6 Å². The number of alkyl halides is 2. The minimum absolute atomic E-state index is 0.223. The molecule has 0 spiro atoms. The van der Waals surface area contributed by atoms with Gasteiger partial charge in [0.15, 0.2) is 5.82 Å². The predicted octanol–water partition coefficient (Wildman–Crippen LogP) is 6.13. The molecule has 4 heterocycles. The molecule has 0 N–H and O–H groups in total. The van der Waals surface area contributed by atoms with E-state index in [4.69, 9.17) is 4.98 Å². The van der Waals surface area contributed by atoms with E-state index in [2.05, 4.69) is 33.7 Å². The first-order valence-electron chi connectivity index (χ1n) is 12.3. The fourth-order valence-corrected chi connectivity index (χ4v) is 4.69. The molecule has 0 amide bonds. The standard InChI is InChI=1S/C28H30F2N6/c1-18(2)24-22(8-5-13-31-24)25-32-15-21-7-6-14-36(27(21)34-25)16-19-9-11-20(12-10-19)26-33-23(17-35(26)4)28(3,29)30/h5,8-13,15,17-18H,6-7,14,16H2,1-4H3. The summed E-state index contributed by atoms with van der Waals surface area (Å²) in [5.41, 5.74) is 4.81. The third kappa shape index (κ3) is 4.72. The van der Waals surface area contributed by atoms with Crippen LogP contribution in [-0.2, 0) is 25.9 Å². The van der Waals surface area contributed by atoms with Crippen molar-refractivity contribution in [3.63, 3.8) is 0 Å². The van der Waals surface area contributed by atoms with Crippen LogP contribution in [0.2, 0.25) is 0 Å². The molecule has 1 aromatic carbocycles. The molecule has 0 unspecified atom stereocenters. The Bertz CT molecular complexity index is 1370. The fraction of sp³-hybridized carbons (Fsp3) is 0.357. The van der Waals surface area contributed by atoms with Gasteiger partial charge in [0, 0.05) is 62.3 Å². The smallest absolute Gasteiger partial charge is 0.288 e. The van der Waals surface area contributed by atoms with Gasteiger partial charge in [-0.1, -0.05) is 38.1 Å². The number of imidazole rings is 1. The Morgan fingerprint density at radius 2 is 1.83 bits per heavy atom. The Morgan fingerprint density at radius 1 is 1.06 bits per heavy atom. The van der Waals surface area contributed by atoms with E-state index in [0.717, 1.165) is 60.1 Å². The van der Waals surface area contributed by atoms with Gasteiger partial charge in [-0.3, -0.25) is 4.98 Å². The van der Waals surface area contributed by atoms with E-state index in [0.29, 0.717) is 18.2 Å². The highest BCUT2D eigenvalue weighted by Crippen LogP contribution is 2.32. The zero-order valence-corrected chi connectivity index (χ0v) is 21.0. The van der Waals surface area contributed by atoms with Crippen LogP contribution in [0.4, 0.5) is 14.6 Å². The highest BCUT2D eigenvalue weighted by atomic mass is 19.3. The lowest BCUT2D eigenvalue weighted by Gasteiger charge is -2.30. The highest BCUT2D eigenvalue weighted by molar-refractivity contribution is 5.63. The summed E-state index contributed by atoms with van der Waals surface area (Å²) in [5, 5.41) is 0. The molecule has 0 atom stereocenters. The van der Waals surface area contributed by atoms with Crippen LogP contribution < -0.4 is 4.90 Å². The van der Waals surface area contributed by atoms with E-state index in [-0.39, 0.29) is 11.6 Å². The maximum Gasteiger partial charge on any atom is 0.288 e. The summed E-state index contributed by atoms with van der Waals surface area (Å²) in [7, 11) is 1.74. The van der Waals surface area contributed by atoms with Gasteiger partial charge in [-0.2, -0.15) is 8.78 Å². The Hall–Kier alpha value is -3.68. The molecule has 0 aliphatic carbocycles. The molecule has 1 aliphatic rings. The number of rotatable bonds is 6. The molecule has 4 aromatic rings. The van der Waals surface area contributed by atoms with Gasteiger partial charge in [-0.05, 0) is 36.5 Å². The van der Waals surface area contributed by atoms with Crippen LogP contribution in [-0.4, -0.2) is 31.0 Å². The third-order valence-electron chi connectivity index (χ3n) is 6.55. The average molecular weight is 489 g/mol. The summed E-state index contributed by atoms with van der Waals surface area (Å²) < 4.78 is 29.1. The summed E-state index contributed by atoms with van der Waals surface area (Å²) in [6.45, 7) is 6.72. The van der Waals surface area contributed by atoms with Crippen molar-refractivity contribution in [3.05, 3.63) is 77.5 Å². The Morgan fingerprint density at radius 3 is 2.53 bits per heavy atom. The SMILES string of the molecule is CC(C)c1ncccc1-c1ncc2c(n1)N(Cc1ccc(-c3nc(C(C)(F)F)cn3C)cc1)CCC2. The largest absolute Gasteiger partial charge is 0.352 e. The number of hydrogen-bond donors (Lipinski definition) is 0. The zero-order valence-electron chi connectivity index (χ0n) is 21.0. The molecule has 0 saturated heterocycles. The Balaban J connectivity index is 1.41. The van der Waals surface area contributed by atoms with Crippen molar-refractivity contribution in [1.29, 1.82) is 0 Å². The molecular weight excluding hydrogens is 458 g/mol. The minimum Gasteiger partial charge on any atom is -0.352 e. The highest BCUT2D eigenvalue weighted by Gasteiger charge is 2.29. The van der Waals surface area contributed by atoms with Crippen molar-refractivity contribution in [1.82, 2.24) is 24.5 Å². The number of pyridine rings is 1. The first kappa shape index (κ1) is 24.0. The number of benzene rings is 1. The van der Waals surface area contributed by atoms with Gasteiger partial charge in [0.1, 0.15) is 17.3 Å². The van der Waals surface area contributed by atoms with E-state index in [1.54, 1.807) is 11.6 Å². The number of aromatic nitrogens is 5. The molecule has 0 bridgehead atoms. The van der Waals surface area contributed by atoms with Gasteiger partial charge in [0.25, 0.3) is 5.92 Å². The van der Waals surface area contributed by atoms with Gasteiger partial charge in [-0.25, -0.2) is 15.0 Å². The first-order valence-corrected chi connectivity index (χ1v) is 12.3. The molecule has 0 radical (unpaired) electrons. The van der Waals surface area contributed by atoms with Gasteiger partial charge < -0.3 is 9.47 Å². The maximum absolute atomic E-state index is 13.7. The lowest BCUT2D eigenvalue weighted by molar-refractivity contribution is 0.0131. The molecule has 5 rings (SSSR count). The summed E-state index contributed by atoms with van der Waals surface area (Å²) in [6, 6.07) is 11.9. The van der Waals surface area contributed by atoms with Crippen LogP contribution in [0.15, 0.2) is 55.0 Å². The van der Waals surface area contributed by atoms with Gasteiger partial charge in [0.2, 0.25) is 0 Å². The van der Waals surface area contributed by atoms with Crippen molar-refractivity contribution in [2.24, 2.45) is 7.05 Å². The second kappa shape index (κ2) is 9.41. The summed E-state index contributed by atoms with van der Waals surface area (Å²) in [6.07, 6.45) is 7.15. The Labute approximate surface area is 210 Å². The van der Waals surface area contributed by atoms with E-state index in [9.17, 15) is 8.78 Å². The van der Waals surface area contributed by atoms with Gasteiger partial charge in [0.05, 0.1) is 5.69 Å². The average Bonchev–Trinajstić information content (AvgIpc) is 3.26. The molecule has 1 aliphatic heterocycles. The van der Waals surface area contributed by atoms with E-state index >= 15 is 0 Å². The second-order valence-electron chi connectivity index (χ2n) is 9.80. The van der Waals surface area contributed by atoms with E-state index in [1.165, 1.54) is 6.20 Å². The van der Waals surface area contributed by atoms with Crippen LogP contribution in [0.25, 0.3) is 22.8 Å². The number of fused-ring (bicyclic) bond motifs is 1. The van der Waals surface area contributed by atoms with Crippen molar-refractivity contribution in [3.8, 4) is 22.8 Å². The summed E-state index contributed by atoms with van der Waals surface area (Å²) in [4.78, 5) is 20.7. The number of hydrogen-bond acceptors (Lipinski definition) is 5. The molecule has 6 nitrogen and oxygen atoms in total. The van der Waals surface area contributed by atoms with Crippen molar-refractivity contribution < 1.29 is 8.78 Å². The molecule has 36 heavy (non-hydrogen) atoms. The Kier molecular flexibility index (Phi) is 6.28. The summed E-state index contributed by atoms with van der Waals surface area (Å²) in [5.74, 6) is -0.506.